The van der Waals surface area contributed by atoms with Crippen molar-refractivity contribution in [3.05, 3.63) is 22.2 Å². The van der Waals surface area contributed by atoms with Crippen molar-refractivity contribution in [2.45, 2.75) is 19.9 Å². The predicted octanol–water partition coefficient (Wildman–Crippen LogP) is 2.47. The number of carbonyl (C=O) groups is 1. The number of ether oxygens (including phenoxy) is 2. The Morgan fingerprint density at radius 3 is 2.85 bits per heavy atom. The molecule has 0 spiro atoms. The molecule has 0 saturated carbocycles. The number of likely N-dealkylation sites (N-methyl/N-ethyl adjacent to an activating group) is 1. The van der Waals surface area contributed by atoms with E-state index in [1.165, 1.54) is 0 Å². The number of fused-ring (bicyclic) bond motifs is 1. The fourth-order valence-corrected chi connectivity index (χ4v) is 2.61. The third kappa shape index (κ3) is 3.31. The lowest BCUT2D eigenvalue weighted by Gasteiger charge is -2.12. The minimum absolute atomic E-state index is 0.0276. The van der Waals surface area contributed by atoms with E-state index < -0.39 is 0 Å². The molecule has 0 aliphatic carbocycles. The van der Waals surface area contributed by atoms with Crippen LogP contribution in [0.25, 0.3) is 0 Å². The van der Waals surface area contributed by atoms with Crippen molar-refractivity contribution >= 4 is 27.5 Å². The summed E-state index contributed by atoms with van der Waals surface area (Å²) >= 11 is 3.48. The Morgan fingerprint density at radius 1 is 1.35 bits per heavy atom. The van der Waals surface area contributed by atoms with Crippen molar-refractivity contribution < 1.29 is 14.3 Å². The van der Waals surface area contributed by atoms with Crippen LogP contribution in [-0.2, 0) is 9.53 Å². The van der Waals surface area contributed by atoms with Gasteiger partial charge in [0, 0.05) is 23.9 Å². The number of anilines is 1. The molecule has 1 aromatic carbocycles. The van der Waals surface area contributed by atoms with Crippen molar-refractivity contribution in [3.63, 3.8) is 0 Å². The summed E-state index contributed by atoms with van der Waals surface area (Å²) in [7, 11) is 0. The summed E-state index contributed by atoms with van der Waals surface area (Å²) in [5, 5.41) is 6.03. The third-order valence-electron chi connectivity index (χ3n) is 3.03. The minimum Gasteiger partial charge on any atom is -0.490 e. The van der Waals surface area contributed by atoms with Crippen LogP contribution in [0.4, 0.5) is 5.69 Å². The van der Waals surface area contributed by atoms with Crippen molar-refractivity contribution in [1.29, 1.82) is 0 Å². The van der Waals surface area contributed by atoms with Crippen molar-refractivity contribution in [3.8, 4) is 5.75 Å². The van der Waals surface area contributed by atoms with Gasteiger partial charge in [0.15, 0.2) is 0 Å². The molecule has 1 aromatic rings. The van der Waals surface area contributed by atoms with Crippen molar-refractivity contribution in [2.24, 2.45) is 0 Å². The van der Waals surface area contributed by atoms with Gasteiger partial charge in [-0.15, -0.1) is 0 Å². The fraction of sp³-hybridized carbons (Fsp3) is 0.500. The van der Waals surface area contributed by atoms with Crippen LogP contribution in [0.1, 0.15) is 25.5 Å². The number of amides is 1. The highest BCUT2D eigenvalue weighted by atomic mass is 79.9. The number of benzene rings is 1. The van der Waals surface area contributed by atoms with Crippen LogP contribution >= 0.6 is 15.9 Å². The van der Waals surface area contributed by atoms with E-state index in [-0.39, 0.29) is 11.9 Å². The Balaban J connectivity index is 2.11. The molecule has 0 saturated heterocycles. The summed E-state index contributed by atoms with van der Waals surface area (Å²) in [6.07, 6.45) is 0. The van der Waals surface area contributed by atoms with E-state index in [1.54, 1.807) is 0 Å². The molecule has 0 aromatic heterocycles. The Kier molecular flexibility index (Phi) is 5.39. The molecule has 1 aliphatic heterocycles. The van der Waals surface area contributed by atoms with Crippen LogP contribution in [-0.4, -0.2) is 32.3 Å². The molecule has 1 amide bonds. The second kappa shape index (κ2) is 7.06. The van der Waals surface area contributed by atoms with Gasteiger partial charge in [0.25, 0.3) is 0 Å². The minimum atomic E-state index is -0.288. The topological polar surface area (TPSA) is 59.6 Å². The van der Waals surface area contributed by atoms with E-state index in [4.69, 9.17) is 9.47 Å². The molecule has 1 unspecified atom stereocenters. The maximum absolute atomic E-state index is 11.9. The summed E-state index contributed by atoms with van der Waals surface area (Å²) in [6, 6.07) is 3.49. The van der Waals surface area contributed by atoms with Gasteiger partial charge in [0.2, 0.25) is 5.91 Å². The van der Waals surface area contributed by atoms with Crippen LogP contribution in [0.15, 0.2) is 16.6 Å². The Bertz CT molecular complexity index is 494. The quantitative estimate of drug-likeness (QED) is 0.747. The second-order valence-corrected chi connectivity index (χ2v) is 5.25. The maximum Gasteiger partial charge on any atom is 0.246 e. The van der Waals surface area contributed by atoms with E-state index in [0.717, 1.165) is 22.3 Å². The van der Waals surface area contributed by atoms with Gasteiger partial charge in [-0.2, -0.15) is 0 Å². The molecule has 20 heavy (non-hydrogen) atoms. The molecule has 0 bridgehead atoms. The van der Waals surface area contributed by atoms with Gasteiger partial charge in [0.1, 0.15) is 18.4 Å². The largest absolute Gasteiger partial charge is 0.490 e. The van der Waals surface area contributed by atoms with Gasteiger partial charge in [-0.1, -0.05) is 6.92 Å². The first-order chi connectivity index (χ1) is 9.67. The lowest BCUT2D eigenvalue weighted by atomic mass is 10.1. The molecule has 110 valence electrons. The highest BCUT2D eigenvalue weighted by Gasteiger charge is 2.30. The van der Waals surface area contributed by atoms with Crippen LogP contribution < -0.4 is 15.4 Å². The zero-order valence-electron chi connectivity index (χ0n) is 11.7. The van der Waals surface area contributed by atoms with Gasteiger partial charge in [-0.3, -0.25) is 4.79 Å². The first-order valence-electron chi connectivity index (χ1n) is 6.75. The Hall–Kier alpha value is -1.11. The summed E-state index contributed by atoms with van der Waals surface area (Å²) in [6.45, 7) is 6.37. The molecular weight excluding hydrogens is 324 g/mol. The number of hydrogen-bond donors (Lipinski definition) is 2. The monoisotopic (exact) mass is 342 g/mol. The molecule has 1 heterocycles. The molecular formula is C14H19BrN2O3. The Labute approximate surface area is 127 Å². The first kappa shape index (κ1) is 15.3. The van der Waals surface area contributed by atoms with Gasteiger partial charge in [-0.05, 0) is 35.5 Å². The van der Waals surface area contributed by atoms with Gasteiger partial charge < -0.3 is 20.1 Å². The molecule has 1 atom stereocenters. The fourth-order valence-electron chi connectivity index (χ4n) is 2.13. The molecule has 5 nitrogen and oxygen atoms in total. The lowest BCUT2D eigenvalue weighted by Crippen LogP contribution is -2.27. The summed E-state index contributed by atoms with van der Waals surface area (Å²) < 4.78 is 11.7. The molecule has 0 radical (unpaired) electrons. The highest BCUT2D eigenvalue weighted by Crippen LogP contribution is 2.38. The molecule has 1 aliphatic rings. The number of rotatable bonds is 7. The van der Waals surface area contributed by atoms with Crippen molar-refractivity contribution in [1.82, 2.24) is 5.32 Å². The maximum atomic E-state index is 11.9. The van der Waals surface area contributed by atoms with Crippen molar-refractivity contribution in [2.75, 3.05) is 31.7 Å². The third-order valence-corrected chi connectivity index (χ3v) is 3.65. The van der Waals surface area contributed by atoms with E-state index in [0.29, 0.717) is 25.6 Å². The number of nitrogens with one attached hydrogen (secondary N) is 2. The lowest BCUT2D eigenvalue weighted by molar-refractivity contribution is -0.117. The molecule has 6 heteroatoms. The van der Waals surface area contributed by atoms with E-state index in [9.17, 15) is 4.79 Å². The predicted molar refractivity (Wildman–Crippen MR) is 81.2 cm³/mol. The summed E-state index contributed by atoms with van der Waals surface area (Å²) in [5.41, 5.74) is 1.75. The van der Waals surface area contributed by atoms with Crippen LogP contribution in [0.3, 0.4) is 0 Å². The summed E-state index contributed by atoms with van der Waals surface area (Å²) in [5.74, 6) is 0.682. The number of carbonyl (C=O) groups excluding carboxylic acids is 1. The normalized spacial score (nSPS) is 16.9. The van der Waals surface area contributed by atoms with Gasteiger partial charge in [0.05, 0.1) is 11.1 Å². The SMILES string of the molecule is CCNC1C(=O)Nc2cc(OCCOCC)c(Br)cc21. The van der Waals surface area contributed by atoms with Crippen LogP contribution in [0, 0.1) is 0 Å². The molecule has 0 fully saturated rings. The smallest absolute Gasteiger partial charge is 0.246 e. The summed E-state index contributed by atoms with van der Waals surface area (Å²) in [4.78, 5) is 11.9. The van der Waals surface area contributed by atoms with E-state index in [2.05, 4.69) is 26.6 Å². The zero-order valence-corrected chi connectivity index (χ0v) is 13.2. The number of hydrogen-bond acceptors (Lipinski definition) is 4. The average molecular weight is 343 g/mol. The van der Waals surface area contributed by atoms with E-state index in [1.807, 2.05) is 26.0 Å². The number of halogens is 1. The van der Waals surface area contributed by atoms with Crippen LogP contribution in [0.5, 0.6) is 5.75 Å². The Morgan fingerprint density at radius 2 is 2.15 bits per heavy atom. The standard InChI is InChI=1S/C14H19BrN2O3/c1-3-16-13-9-7-10(15)12(20-6-5-19-4-2)8-11(9)17-14(13)18/h7-8,13,16H,3-6H2,1-2H3,(H,17,18). The first-order valence-corrected chi connectivity index (χ1v) is 7.54. The average Bonchev–Trinajstić information content (AvgIpc) is 2.71. The molecule has 2 rings (SSSR count). The van der Waals surface area contributed by atoms with Gasteiger partial charge >= 0.3 is 0 Å². The highest BCUT2D eigenvalue weighted by molar-refractivity contribution is 9.10. The molecule has 2 N–H and O–H groups in total. The second-order valence-electron chi connectivity index (χ2n) is 4.40. The van der Waals surface area contributed by atoms with Gasteiger partial charge in [-0.25, -0.2) is 0 Å². The zero-order chi connectivity index (χ0) is 14.5. The van der Waals surface area contributed by atoms with Crippen LogP contribution in [0.2, 0.25) is 0 Å². The van der Waals surface area contributed by atoms with E-state index >= 15 is 0 Å².